The molecule has 0 aliphatic heterocycles. The molecule has 9 heteroatoms. The fourth-order valence-corrected chi connectivity index (χ4v) is 6.92. The first kappa shape index (κ1) is 61.9. The summed E-state index contributed by atoms with van der Waals surface area (Å²) in [6.45, 7) is 5.09. The number of nitrogens with zero attached hydrogens (tertiary/aromatic N) is 1. The van der Waals surface area contributed by atoms with Gasteiger partial charge in [-0.2, -0.15) is 0 Å². The number of hydrogen-bond donors (Lipinski definition) is 0. The van der Waals surface area contributed by atoms with Crippen molar-refractivity contribution >= 4 is 13.8 Å². The molecule has 0 aromatic carbocycles. The number of allylic oxidation sites excluding steroid dienone is 20. The summed E-state index contributed by atoms with van der Waals surface area (Å²) >= 11 is 0. The maximum atomic E-state index is 12.7. The Morgan fingerprint density at radius 3 is 1.26 bits per heavy atom. The van der Waals surface area contributed by atoms with Crippen LogP contribution < -0.4 is 4.89 Å². The summed E-state index contributed by atoms with van der Waals surface area (Å²) < 4.78 is 34.7. The van der Waals surface area contributed by atoms with Gasteiger partial charge in [-0.05, 0) is 103 Å². The minimum absolute atomic E-state index is 0.0105. The molecule has 370 valence electrons. The molecule has 0 aromatic heterocycles. The first-order valence-electron chi connectivity index (χ1n) is 25.3. The largest absolute Gasteiger partial charge is 0.756 e. The van der Waals surface area contributed by atoms with Gasteiger partial charge in [-0.3, -0.25) is 9.36 Å². The van der Waals surface area contributed by atoms with E-state index < -0.39 is 13.9 Å². The average molecular weight is 924 g/mol. The third kappa shape index (κ3) is 51.7. The molecule has 0 aliphatic rings. The second-order valence-electron chi connectivity index (χ2n) is 17.4. The molecule has 0 N–H and O–H groups in total. The van der Waals surface area contributed by atoms with Gasteiger partial charge in [0.05, 0.1) is 34.4 Å². The number of phosphoric ester groups is 1. The van der Waals surface area contributed by atoms with Crippen molar-refractivity contribution in [2.45, 2.75) is 174 Å². The highest BCUT2D eigenvalue weighted by Gasteiger charge is 2.20. The molecule has 0 radical (unpaired) electrons. The van der Waals surface area contributed by atoms with Gasteiger partial charge >= 0.3 is 5.97 Å². The van der Waals surface area contributed by atoms with Crippen molar-refractivity contribution < 1.29 is 37.3 Å². The highest BCUT2D eigenvalue weighted by Crippen LogP contribution is 2.38. The molecule has 0 spiro atoms. The molecule has 65 heavy (non-hydrogen) atoms. The zero-order chi connectivity index (χ0) is 47.6. The van der Waals surface area contributed by atoms with Crippen molar-refractivity contribution in [3.63, 3.8) is 0 Å². The lowest BCUT2D eigenvalue weighted by molar-refractivity contribution is -0.870. The molecular formula is C56H94NO7P. The summed E-state index contributed by atoms with van der Waals surface area (Å²) in [7, 11) is 1.31. The van der Waals surface area contributed by atoms with Crippen molar-refractivity contribution in [1.82, 2.24) is 0 Å². The smallest absolute Gasteiger partial charge is 0.306 e. The van der Waals surface area contributed by atoms with Crippen molar-refractivity contribution in [1.29, 1.82) is 0 Å². The van der Waals surface area contributed by atoms with Gasteiger partial charge in [0.1, 0.15) is 19.3 Å². The number of rotatable bonds is 45. The fraction of sp³-hybridized carbons (Fsp3) is 0.625. The van der Waals surface area contributed by atoms with Gasteiger partial charge in [0, 0.05) is 13.0 Å². The Labute approximate surface area is 399 Å². The summed E-state index contributed by atoms with van der Waals surface area (Å²) in [5.41, 5.74) is 0. The quantitative estimate of drug-likeness (QED) is 0.0197. The van der Waals surface area contributed by atoms with E-state index in [9.17, 15) is 14.3 Å². The Bertz CT molecular complexity index is 1450. The van der Waals surface area contributed by atoms with E-state index in [1.807, 2.05) is 21.1 Å². The van der Waals surface area contributed by atoms with Crippen molar-refractivity contribution in [2.75, 3.05) is 54.1 Å². The van der Waals surface area contributed by atoms with E-state index in [0.29, 0.717) is 17.6 Å². The van der Waals surface area contributed by atoms with Crippen molar-refractivity contribution in [2.24, 2.45) is 0 Å². The molecule has 0 bridgehead atoms. The van der Waals surface area contributed by atoms with Gasteiger partial charge in [-0.15, -0.1) is 0 Å². The number of likely N-dealkylation sites (N-methyl/N-ethyl adjacent to an activating group) is 1. The number of phosphoric acid groups is 1. The van der Waals surface area contributed by atoms with Crippen LogP contribution in [-0.2, 0) is 27.9 Å². The first-order chi connectivity index (χ1) is 31.6. The van der Waals surface area contributed by atoms with Crippen LogP contribution >= 0.6 is 7.82 Å². The molecule has 2 atom stereocenters. The highest BCUT2D eigenvalue weighted by atomic mass is 31.2. The van der Waals surface area contributed by atoms with Crippen LogP contribution in [-0.4, -0.2) is 70.7 Å². The van der Waals surface area contributed by atoms with E-state index in [1.54, 1.807) is 0 Å². The maximum absolute atomic E-state index is 12.7. The van der Waals surface area contributed by atoms with Gasteiger partial charge in [0.2, 0.25) is 0 Å². The lowest BCUT2D eigenvalue weighted by Crippen LogP contribution is -2.37. The minimum atomic E-state index is -4.55. The van der Waals surface area contributed by atoms with Crippen molar-refractivity contribution in [3.8, 4) is 0 Å². The van der Waals surface area contributed by atoms with E-state index in [2.05, 4.69) is 135 Å². The number of esters is 1. The number of quaternary nitrogens is 1. The monoisotopic (exact) mass is 924 g/mol. The number of ether oxygens (including phenoxy) is 2. The van der Waals surface area contributed by atoms with Crippen LogP contribution in [0.25, 0.3) is 0 Å². The summed E-state index contributed by atoms with van der Waals surface area (Å²) in [6.07, 6.45) is 67.9. The lowest BCUT2D eigenvalue weighted by Gasteiger charge is -2.28. The fourth-order valence-electron chi connectivity index (χ4n) is 6.19. The zero-order valence-electron chi connectivity index (χ0n) is 41.9. The number of carbonyl (C=O) groups excluding carboxylic acids is 1. The Balaban J connectivity index is 4.28. The van der Waals surface area contributed by atoms with Gasteiger partial charge in [0.15, 0.2) is 0 Å². The van der Waals surface area contributed by atoms with E-state index in [0.717, 1.165) is 122 Å². The molecule has 0 heterocycles. The standard InChI is InChI=1S/C56H94NO7P/c1-6-8-10-12-14-16-18-20-22-24-26-28-29-30-31-33-35-37-39-41-43-45-47-49-56(58)64-55(54-63-65(59,60)62-52-50-57(3,4)5)53-61-51-48-46-44-42-40-38-36-34-32-27-25-23-21-19-17-15-13-11-9-7-2/h8-11,14-17,20-23,26-28,30-32,35,37,55H,6-7,12-13,18-19,24-25,29,33-34,36,38-54H2,1-5H3/b10-8-,11-9-,16-14-,17-15-,22-20-,23-21-,28-26-,31-30-,32-27-,37-35-. The van der Waals surface area contributed by atoms with E-state index in [4.69, 9.17) is 18.5 Å². The molecule has 8 nitrogen and oxygen atoms in total. The number of carbonyl (C=O) groups is 1. The molecule has 0 fully saturated rings. The van der Waals surface area contributed by atoms with Gasteiger partial charge < -0.3 is 27.9 Å². The van der Waals surface area contributed by atoms with E-state index in [-0.39, 0.29) is 32.2 Å². The molecule has 0 rings (SSSR count). The second kappa shape index (κ2) is 47.4. The number of unbranched alkanes of at least 4 members (excludes halogenated alkanes) is 11. The molecule has 0 amide bonds. The van der Waals surface area contributed by atoms with Crippen LogP contribution in [0.15, 0.2) is 122 Å². The topological polar surface area (TPSA) is 94.1 Å². The third-order valence-corrected chi connectivity index (χ3v) is 11.0. The maximum Gasteiger partial charge on any atom is 0.306 e. The predicted octanol–water partition coefficient (Wildman–Crippen LogP) is 15.1. The third-order valence-electron chi connectivity index (χ3n) is 10.0. The zero-order valence-corrected chi connectivity index (χ0v) is 42.8. The molecule has 0 saturated carbocycles. The molecule has 2 unspecified atom stereocenters. The number of hydrogen-bond acceptors (Lipinski definition) is 7. The summed E-state index contributed by atoms with van der Waals surface area (Å²) in [6, 6.07) is 0. The minimum Gasteiger partial charge on any atom is -0.756 e. The van der Waals surface area contributed by atoms with Crippen LogP contribution in [0, 0.1) is 0 Å². The van der Waals surface area contributed by atoms with Gasteiger partial charge in [0.25, 0.3) is 7.82 Å². The van der Waals surface area contributed by atoms with Crippen LogP contribution in [0.1, 0.15) is 168 Å². The first-order valence-corrected chi connectivity index (χ1v) is 26.7. The molecular weight excluding hydrogens is 830 g/mol. The summed E-state index contributed by atoms with van der Waals surface area (Å²) in [5, 5.41) is 0. The molecule has 0 saturated heterocycles. The summed E-state index contributed by atoms with van der Waals surface area (Å²) in [5.74, 6) is -0.368. The van der Waals surface area contributed by atoms with Crippen LogP contribution in [0.4, 0.5) is 0 Å². The Morgan fingerprint density at radius 2 is 0.846 bits per heavy atom. The van der Waals surface area contributed by atoms with Gasteiger partial charge in [-0.25, -0.2) is 0 Å². The van der Waals surface area contributed by atoms with Crippen molar-refractivity contribution in [3.05, 3.63) is 122 Å². The SMILES string of the molecule is CC/C=C\C/C=C\C/C=C\C/C=C\C/C=C\C/C=C\CCCCCCC(=O)OC(COCCCCCCCCC/C=C\C/C=C\C/C=C\C/C=C\CC)COP(=O)([O-])OCC[N+](C)(C)C. The van der Waals surface area contributed by atoms with Crippen LogP contribution in [0.2, 0.25) is 0 Å². The van der Waals surface area contributed by atoms with Crippen LogP contribution in [0.5, 0.6) is 0 Å². The van der Waals surface area contributed by atoms with Crippen LogP contribution in [0.3, 0.4) is 0 Å². The Kier molecular flexibility index (Phi) is 45.1. The van der Waals surface area contributed by atoms with Gasteiger partial charge in [-0.1, -0.05) is 180 Å². The Hall–Kier alpha value is -3.10. The lowest BCUT2D eigenvalue weighted by atomic mass is 10.1. The summed E-state index contributed by atoms with van der Waals surface area (Å²) in [4.78, 5) is 25.2. The molecule has 0 aliphatic carbocycles. The predicted molar refractivity (Wildman–Crippen MR) is 277 cm³/mol. The average Bonchev–Trinajstić information content (AvgIpc) is 3.27. The van der Waals surface area contributed by atoms with E-state index in [1.165, 1.54) is 25.7 Å². The van der Waals surface area contributed by atoms with E-state index >= 15 is 0 Å². The Morgan fingerprint density at radius 1 is 0.477 bits per heavy atom. The highest BCUT2D eigenvalue weighted by molar-refractivity contribution is 7.45. The normalized spacial score (nSPS) is 14.6. The second-order valence-corrected chi connectivity index (χ2v) is 18.8. The molecule has 0 aromatic rings.